The second-order valence-electron chi connectivity index (χ2n) is 6.57. The SMILES string of the molecule is Cc1cc(C(C)(C)C)cc(C)c1N1CC(O)CC1=O. The summed E-state index contributed by atoms with van der Waals surface area (Å²) in [5.74, 6) is 0.0159. The van der Waals surface area contributed by atoms with Crippen molar-refractivity contribution < 1.29 is 9.90 Å². The second kappa shape index (κ2) is 4.64. The zero-order chi connectivity index (χ0) is 14.4. The summed E-state index contributed by atoms with van der Waals surface area (Å²) >= 11 is 0. The third-order valence-corrected chi connectivity index (χ3v) is 3.73. The van der Waals surface area contributed by atoms with Gasteiger partial charge in [0.2, 0.25) is 5.91 Å². The zero-order valence-electron chi connectivity index (χ0n) is 12.4. The van der Waals surface area contributed by atoms with Crippen molar-refractivity contribution in [2.24, 2.45) is 0 Å². The summed E-state index contributed by atoms with van der Waals surface area (Å²) in [6.07, 6.45) is -0.298. The number of aryl methyl sites for hydroxylation is 2. The normalized spacial score (nSPS) is 20.2. The van der Waals surface area contributed by atoms with Crippen molar-refractivity contribution in [1.82, 2.24) is 0 Å². The van der Waals surface area contributed by atoms with Crippen LogP contribution in [0.1, 0.15) is 43.9 Å². The minimum atomic E-state index is -0.534. The molecule has 1 atom stereocenters. The average molecular weight is 261 g/mol. The summed E-state index contributed by atoms with van der Waals surface area (Å²) in [7, 11) is 0. The number of aliphatic hydroxyl groups excluding tert-OH is 1. The number of hydrogen-bond donors (Lipinski definition) is 1. The fourth-order valence-electron chi connectivity index (χ4n) is 2.72. The molecule has 0 aliphatic carbocycles. The number of rotatable bonds is 1. The largest absolute Gasteiger partial charge is 0.391 e. The van der Waals surface area contributed by atoms with Crippen LogP contribution in [0.4, 0.5) is 5.69 Å². The van der Waals surface area contributed by atoms with Gasteiger partial charge in [-0.2, -0.15) is 0 Å². The maximum atomic E-state index is 11.9. The summed E-state index contributed by atoms with van der Waals surface area (Å²) in [5, 5.41) is 9.63. The number of β-amino-alcohol motifs (C(OH)–C–C–N with tert-alkyl or cyclic N) is 1. The Morgan fingerprint density at radius 2 is 1.74 bits per heavy atom. The number of nitrogens with zero attached hydrogens (tertiary/aromatic N) is 1. The minimum Gasteiger partial charge on any atom is -0.391 e. The predicted molar refractivity (Wildman–Crippen MR) is 77.6 cm³/mol. The van der Waals surface area contributed by atoms with Gasteiger partial charge in [0, 0.05) is 5.69 Å². The molecule has 0 aromatic heterocycles. The fraction of sp³-hybridized carbons (Fsp3) is 0.562. The van der Waals surface area contributed by atoms with Crippen LogP contribution in [-0.2, 0) is 10.2 Å². The molecule has 2 rings (SSSR count). The van der Waals surface area contributed by atoms with Crippen molar-refractivity contribution in [3.05, 3.63) is 28.8 Å². The van der Waals surface area contributed by atoms with Gasteiger partial charge >= 0.3 is 0 Å². The van der Waals surface area contributed by atoms with Gasteiger partial charge < -0.3 is 10.0 Å². The molecule has 104 valence electrons. The van der Waals surface area contributed by atoms with E-state index in [0.717, 1.165) is 16.8 Å². The third kappa shape index (κ3) is 2.66. The molecule has 0 spiro atoms. The molecule has 1 aliphatic heterocycles. The van der Waals surface area contributed by atoms with E-state index in [1.54, 1.807) is 4.90 Å². The quantitative estimate of drug-likeness (QED) is 0.844. The summed E-state index contributed by atoms with van der Waals surface area (Å²) in [5.41, 5.74) is 4.55. The number of carbonyl (C=O) groups excluding carboxylic acids is 1. The molecule has 3 nitrogen and oxygen atoms in total. The number of anilines is 1. The van der Waals surface area contributed by atoms with Crippen LogP contribution in [0.25, 0.3) is 0 Å². The zero-order valence-corrected chi connectivity index (χ0v) is 12.4. The lowest BCUT2D eigenvalue weighted by Crippen LogP contribution is -2.27. The molecular formula is C16H23NO2. The van der Waals surface area contributed by atoms with Crippen molar-refractivity contribution in [1.29, 1.82) is 0 Å². The minimum absolute atomic E-state index is 0.0159. The van der Waals surface area contributed by atoms with Crippen LogP contribution in [0.2, 0.25) is 0 Å². The van der Waals surface area contributed by atoms with E-state index in [1.807, 2.05) is 13.8 Å². The molecule has 0 radical (unpaired) electrons. The summed E-state index contributed by atoms with van der Waals surface area (Å²) in [6, 6.07) is 4.31. The van der Waals surface area contributed by atoms with Crippen LogP contribution >= 0.6 is 0 Å². The molecule has 1 aliphatic rings. The molecule has 1 aromatic rings. The Morgan fingerprint density at radius 1 is 1.21 bits per heavy atom. The highest BCUT2D eigenvalue weighted by atomic mass is 16.3. The highest BCUT2D eigenvalue weighted by Crippen LogP contribution is 2.33. The Morgan fingerprint density at radius 3 is 2.11 bits per heavy atom. The van der Waals surface area contributed by atoms with Crippen molar-refractivity contribution in [2.45, 2.75) is 52.6 Å². The molecular weight excluding hydrogens is 238 g/mol. The Labute approximate surface area is 115 Å². The molecule has 0 bridgehead atoms. The van der Waals surface area contributed by atoms with E-state index in [9.17, 15) is 9.90 Å². The number of aliphatic hydroxyl groups is 1. The first-order chi connectivity index (χ1) is 8.70. The Kier molecular flexibility index (Phi) is 3.43. The topological polar surface area (TPSA) is 40.5 Å². The molecule has 1 heterocycles. The lowest BCUT2D eigenvalue weighted by Gasteiger charge is -2.26. The van der Waals surface area contributed by atoms with Crippen molar-refractivity contribution in [2.75, 3.05) is 11.4 Å². The van der Waals surface area contributed by atoms with Gasteiger partial charge in [-0.15, -0.1) is 0 Å². The Bertz CT molecular complexity index is 491. The third-order valence-electron chi connectivity index (χ3n) is 3.73. The van der Waals surface area contributed by atoms with E-state index in [1.165, 1.54) is 5.56 Å². The molecule has 1 unspecified atom stereocenters. The van der Waals surface area contributed by atoms with Crippen LogP contribution in [0.5, 0.6) is 0 Å². The molecule has 3 heteroatoms. The number of amides is 1. The van der Waals surface area contributed by atoms with Crippen LogP contribution < -0.4 is 4.90 Å². The predicted octanol–water partition coefficient (Wildman–Crippen LogP) is 2.70. The lowest BCUT2D eigenvalue weighted by molar-refractivity contribution is -0.117. The first kappa shape index (κ1) is 14.1. The van der Waals surface area contributed by atoms with E-state index in [0.29, 0.717) is 6.54 Å². The Hall–Kier alpha value is -1.35. The van der Waals surface area contributed by atoms with Gasteiger partial charge in [0.1, 0.15) is 0 Å². The van der Waals surface area contributed by atoms with E-state index >= 15 is 0 Å². The van der Waals surface area contributed by atoms with Crippen molar-refractivity contribution >= 4 is 11.6 Å². The van der Waals surface area contributed by atoms with Crippen LogP contribution in [0.3, 0.4) is 0 Å². The maximum Gasteiger partial charge on any atom is 0.229 e. The monoisotopic (exact) mass is 261 g/mol. The highest BCUT2D eigenvalue weighted by Gasteiger charge is 2.31. The lowest BCUT2D eigenvalue weighted by atomic mass is 9.84. The number of hydrogen-bond acceptors (Lipinski definition) is 2. The van der Waals surface area contributed by atoms with Crippen molar-refractivity contribution in [3.8, 4) is 0 Å². The van der Waals surface area contributed by atoms with E-state index in [2.05, 4.69) is 32.9 Å². The van der Waals surface area contributed by atoms with Crippen LogP contribution in [-0.4, -0.2) is 23.7 Å². The van der Waals surface area contributed by atoms with Crippen LogP contribution in [0.15, 0.2) is 12.1 Å². The van der Waals surface area contributed by atoms with Crippen molar-refractivity contribution in [3.63, 3.8) is 0 Å². The summed E-state index contributed by atoms with van der Waals surface area (Å²) in [4.78, 5) is 13.7. The maximum absolute atomic E-state index is 11.9. The number of benzene rings is 1. The van der Waals surface area contributed by atoms with E-state index in [-0.39, 0.29) is 17.7 Å². The average Bonchev–Trinajstić information content (AvgIpc) is 2.55. The van der Waals surface area contributed by atoms with Gasteiger partial charge in [-0.05, 0) is 36.0 Å². The van der Waals surface area contributed by atoms with E-state index < -0.39 is 6.10 Å². The molecule has 0 saturated carbocycles. The first-order valence-electron chi connectivity index (χ1n) is 6.80. The standard InChI is InChI=1S/C16H23NO2/c1-10-6-12(16(3,4)5)7-11(2)15(10)17-9-13(18)8-14(17)19/h6-7,13,18H,8-9H2,1-5H3. The second-order valence-corrected chi connectivity index (χ2v) is 6.57. The fourth-order valence-corrected chi connectivity index (χ4v) is 2.72. The van der Waals surface area contributed by atoms with Gasteiger partial charge in [0.05, 0.1) is 19.1 Å². The van der Waals surface area contributed by atoms with Gasteiger partial charge in [0.15, 0.2) is 0 Å². The van der Waals surface area contributed by atoms with Gasteiger partial charge in [-0.1, -0.05) is 32.9 Å². The molecule has 19 heavy (non-hydrogen) atoms. The van der Waals surface area contributed by atoms with Crippen LogP contribution in [0, 0.1) is 13.8 Å². The Balaban J connectivity index is 2.46. The number of carbonyl (C=O) groups is 1. The summed E-state index contributed by atoms with van der Waals surface area (Å²) in [6.45, 7) is 11.0. The highest BCUT2D eigenvalue weighted by molar-refractivity contribution is 5.97. The molecule has 1 N–H and O–H groups in total. The van der Waals surface area contributed by atoms with Gasteiger partial charge in [0.25, 0.3) is 0 Å². The first-order valence-corrected chi connectivity index (χ1v) is 6.80. The van der Waals surface area contributed by atoms with Gasteiger partial charge in [-0.25, -0.2) is 0 Å². The molecule has 1 saturated heterocycles. The molecule has 1 amide bonds. The van der Waals surface area contributed by atoms with E-state index in [4.69, 9.17) is 0 Å². The molecule has 1 aromatic carbocycles. The molecule has 1 fully saturated rings. The van der Waals surface area contributed by atoms with Gasteiger partial charge in [-0.3, -0.25) is 4.79 Å². The summed E-state index contributed by atoms with van der Waals surface area (Å²) < 4.78 is 0. The smallest absolute Gasteiger partial charge is 0.229 e.